The van der Waals surface area contributed by atoms with Crippen LogP contribution < -0.4 is 10.1 Å². The number of ether oxygens (including phenoxy) is 9. The van der Waals surface area contributed by atoms with Crippen molar-refractivity contribution in [1.29, 1.82) is 0 Å². The topological polar surface area (TPSA) is 255 Å². The number of aliphatic hydroxyl groups excluding tert-OH is 1. The lowest BCUT2D eigenvalue weighted by atomic mass is 9.44. The number of carbonyl (C=O) groups excluding carboxylic acids is 7. The fourth-order valence-electron chi connectivity index (χ4n) is 11.8. The maximum atomic E-state index is 15.9. The lowest BCUT2D eigenvalue weighted by Gasteiger charge is -2.67. The summed E-state index contributed by atoms with van der Waals surface area (Å²) in [5.74, 6) is -6.54. The number of ketones is 1. The van der Waals surface area contributed by atoms with Gasteiger partial charge in [0.15, 0.2) is 17.5 Å². The molecule has 4 aliphatic rings. The lowest BCUT2D eigenvalue weighted by molar-refractivity contribution is -0.346. The molecule has 0 spiro atoms. The van der Waals surface area contributed by atoms with Crippen LogP contribution in [0.15, 0.2) is 120 Å². The minimum absolute atomic E-state index is 0.0774. The van der Waals surface area contributed by atoms with Gasteiger partial charge >= 0.3 is 36.1 Å². The number of Topliss-reactive ketones (excluding diaryl/α,β-unsaturated/α-hetero) is 1. The van der Waals surface area contributed by atoms with Crippen molar-refractivity contribution in [3.63, 3.8) is 0 Å². The Hall–Kier alpha value is -7.09. The molecule has 0 aromatic heterocycles. The van der Waals surface area contributed by atoms with Gasteiger partial charge in [0, 0.05) is 31.6 Å². The van der Waals surface area contributed by atoms with Crippen LogP contribution in [0.5, 0.6) is 5.75 Å². The summed E-state index contributed by atoms with van der Waals surface area (Å²) in [5, 5.41) is 29.0. The maximum absolute atomic E-state index is 15.9. The van der Waals surface area contributed by atoms with Crippen LogP contribution in [0.3, 0.4) is 0 Å². The number of hydrogen-bond donors (Lipinski definition) is 3. The van der Waals surface area contributed by atoms with Crippen LogP contribution in [0.4, 0.5) is 9.59 Å². The Labute approximate surface area is 500 Å². The van der Waals surface area contributed by atoms with E-state index in [2.05, 4.69) is 60.8 Å². The number of alkyl carbamates (subject to hydrolysis) is 1. The van der Waals surface area contributed by atoms with E-state index in [1.54, 1.807) is 52.8 Å². The first-order chi connectivity index (χ1) is 40.1. The molecule has 1 aromatic rings. The number of rotatable bonds is 25. The maximum Gasteiger partial charge on any atom is 0.509 e. The second-order valence-corrected chi connectivity index (χ2v) is 23.8. The van der Waals surface area contributed by atoms with E-state index < -0.39 is 125 Å². The largest absolute Gasteiger partial charge is 0.509 e. The predicted octanol–water partition coefficient (Wildman–Crippen LogP) is 10.7. The number of allylic oxidation sites excluding steroid dienone is 13. The average Bonchev–Trinajstić information content (AvgIpc) is 0.692. The van der Waals surface area contributed by atoms with Crippen LogP contribution in [-0.4, -0.2) is 132 Å². The van der Waals surface area contributed by atoms with Crippen LogP contribution in [0.1, 0.15) is 151 Å². The van der Waals surface area contributed by atoms with E-state index in [-0.39, 0.29) is 48.3 Å². The zero-order valence-electron chi connectivity index (χ0n) is 51.6. The molecule has 85 heavy (non-hydrogen) atoms. The third-order valence-electron chi connectivity index (χ3n) is 16.0. The fraction of sp³-hybridized carbons (Fsp3) is 0.561. The first-order valence-corrected chi connectivity index (χ1v) is 29.1. The van der Waals surface area contributed by atoms with E-state index in [1.807, 2.05) is 18.2 Å². The van der Waals surface area contributed by atoms with Crippen LogP contribution in [0.2, 0.25) is 0 Å². The van der Waals surface area contributed by atoms with E-state index in [1.165, 1.54) is 53.0 Å². The Kier molecular flexibility index (Phi) is 24.5. The highest BCUT2D eigenvalue weighted by Gasteiger charge is 2.78. The van der Waals surface area contributed by atoms with Gasteiger partial charge in [0.25, 0.3) is 0 Å². The molecule has 1 aromatic carbocycles. The molecular formula is C66H89NO18. The van der Waals surface area contributed by atoms with Gasteiger partial charge in [-0.1, -0.05) is 117 Å². The molecule has 466 valence electrons. The average molecular weight is 1180 g/mol. The molecule has 1 amide bonds. The van der Waals surface area contributed by atoms with Crippen molar-refractivity contribution in [2.75, 3.05) is 20.8 Å². The monoisotopic (exact) mass is 1180 g/mol. The second-order valence-electron chi connectivity index (χ2n) is 23.8. The van der Waals surface area contributed by atoms with Gasteiger partial charge in [-0.2, -0.15) is 0 Å². The Bertz CT molecular complexity index is 2810. The van der Waals surface area contributed by atoms with Crippen LogP contribution >= 0.6 is 0 Å². The van der Waals surface area contributed by atoms with Gasteiger partial charge in [0.2, 0.25) is 6.10 Å². The fourth-order valence-corrected chi connectivity index (χ4v) is 11.8. The summed E-state index contributed by atoms with van der Waals surface area (Å²) in [6.07, 6.45) is 17.8. The summed E-state index contributed by atoms with van der Waals surface area (Å²) < 4.78 is 52.9. The van der Waals surface area contributed by atoms with Crippen LogP contribution in [0.25, 0.3) is 0 Å². The van der Waals surface area contributed by atoms with E-state index in [0.29, 0.717) is 12.0 Å². The van der Waals surface area contributed by atoms with Crippen molar-refractivity contribution in [1.82, 2.24) is 5.32 Å². The van der Waals surface area contributed by atoms with Gasteiger partial charge in [-0.25, -0.2) is 19.2 Å². The van der Waals surface area contributed by atoms with Crippen molar-refractivity contribution in [3.8, 4) is 5.75 Å². The number of fused-ring (bicyclic) bond motifs is 5. The van der Waals surface area contributed by atoms with Crippen molar-refractivity contribution in [2.24, 2.45) is 16.7 Å². The number of para-hydroxylation sites is 1. The first-order valence-electron chi connectivity index (χ1n) is 29.1. The van der Waals surface area contributed by atoms with Gasteiger partial charge in [-0.15, -0.1) is 0 Å². The molecule has 1 unspecified atom stereocenters. The number of benzene rings is 1. The second kappa shape index (κ2) is 30.3. The van der Waals surface area contributed by atoms with Gasteiger partial charge < -0.3 is 58.2 Å². The number of nitrogens with one attached hydrogen (secondary N) is 1. The van der Waals surface area contributed by atoms with Crippen LogP contribution in [0, 0.1) is 16.7 Å². The SMILES string of the molecule is CC/C=C\C/C=C\C/C=C\C/C=C\C/C=C\C/C=C\CCC(=O)O[C@@H](C(=O)O[C@H]1C[C@@]2(O)[C@@H](OC(=O)c3ccccc3OC)C3[C@](C)(C(=O)[C@H](OC(=O)OC)C(=C1C)C2(C)C)[C@@H](O)C[C@H]1OC[C@@]31OC(C)=O)[C@H](C=C(C)C)NC(=O)OC(C)(C)C. The number of amides is 1. The number of esters is 4. The molecule has 3 aliphatic carbocycles. The van der Waals surface area contributed by atoms with Gasteiger partial charge in [-0.05, 0) is 117 Å². The Balaban J connectivity index is 1.53. The molecule has 19 nitrogen and oxygen atoms in total. The number of methoxy groups -OCH3 is 2. The molecule has 5 rings (SSSR count). The molecule has 1 saturated heterocycles. The van der Waals surface area contributed by atoms with Gasteiger partial charge in [0.1, 0.15) is 40.8 Å². The summed E-state index contributed by atoms with van der Waals surface area (Å²) in [4.78, 5) is 100. The summed E-state index contributed by atoms with van der Waals surface area (Å²) in [6.45, 7) is 17.0. The third-order valence-corrected chi connectivity index (χ3v) is 16.0. The van der Waals surface area contributed by atoms with Crippen molar-refractivity contribution >= 4 is 41.9 Å². The molecule has 3 fully saturated rings. The summed E-state index contributed by atoms with van der Waals surface area (Å²) in [7, 11) is 2.35. The molecule has 0 radical (unpaired) electrons. The van der Waals surface area contributed by atoms with E-state index in [0.717, 1.165) is 46.1 Å². The zero-order chi connectivity index (χ0) is 62.9. The predicted molar refractivity (Wildman–Crippen MR) is 317 cm³/mol. The van der Waals surface area contributed by atoms with Crippen molar-refractivity contribution < 1.29 is 86.4 Å². The molecule has 19 heteroatoms. The van der Waals surface area contributed by atoms with E-state index >= 15 is 9.59 Å². The highest BCUT2D eigenvalue weighted by Crippen LogP contribution is 2.64. The Morgan fingerprint density at radius 3 is 1.92 bits per heavy atom. The van der Waals surface area contributed by atoms with Crippen molar-refractivity contribution in [2.45, 2.75) is 200 Å². The molecule has 1 aliphatic heterocycles. The van der Waals surface area contributed by atoms with E-state index in [9.17, 15) is 34.2 Å². The molecular weight excluding hydrogens is 1090 g/mol. The minimum atomic E-state index is -2.54. The molecule has 1 heterocycles. The number of aliphatic hydroxyl groups is 2. The quantitative estimate of drug-likeness (QED) is 0.0467. The number of carbonyl (C=O) groups is 7. The Morgan fingerprint density at radius 2 is 1.40 bits per heavy atom. The lowest BCUT2D eigenvalue weighted by Crippen LogP contribution is -2.82. The zero-order valence-corrected chi connectivity index (χ0v) is 51.6. The first kappa shape index (κ1) is 68.7. The summed E-state index contributed by atoms with van der Waals surface area (Å²) >= 11 is 0. The number of hydrogen-bond acceptors (Lipinski definition) is 18. The summed E-state index contributed by atoms with van der Waals surface area (Å²) in [6, 6.07) is 4.67. The summed E-state index contributed by atoms with van der Waals surface area (Å²) in [5.41, 5.74) is -8.99. The van der Waals surface area contributed by atoms with Gasteiger partial charge in [0.05, 0.1) is 44.3 Å². The minimum Gasteiger partial charge on any atom is -0.496 e. The molecule has 11 atom stereocenters. The normalized spacial score (nSPS) is 27.1. The smallest absolute Gasteiger partial charge is 0.496 e. The molecule has 2 saturated carbocycles. The standard InChI is InChI=1S/C66H89NO18/c1-14-15-16-17-18-19-20-21-22-23-24-25-26-27-28-29-30-31-32-37-51(70)81-53(46(38-42(2)3)67-60(74)85-62(6,7)8)59(73)80-48-40-66(76)57(83-58(72)45-35-33-34-36-47(45)77-12)55-64(11,49(69)39-50-65(55,41-79-50)84-44(5)68)56(71)54(82-61(75)78-13)52(43(48)4)63(66,9)10/h15-16,18-19,21-22,24-25,27-28,30-31,33-36,38,46,48-50,53-55,57,69,76H,14,17,20,23,26,29,32,37,39-41H2,1-13H3,(H,67,74)/b16-15-,19-18-,22-21-,25-24-,28-27-,31-30-/t46-,48-,49-,50+,53+,54+,55?,57-,64+,65-,66+/m0/s1. The molecule has 3 N–H and O–H groups in total. The highest BCUT2D eigenvalue weighted by atomic mass is 16.7. The third kappa shape index (κ3) is 16.7. The molecule has 2 bridgehead atoms. The van der Waals surface area contributed by atoms with E-state index in [4.69, 9.17) is 42.6 Å². The van der Waals surface area contributed by atoms with Crippen LogP contribution in [-0.2, 0) is 57.1 Å². The van der Waals surface area contributed by atoms with Gasteiger partial charge in [-0.3, -0.25) is 14.4 Å². The van der Waals surface area contributed by atoms with Crippen molar-refractivity contribution in [3.05, 3.63) is 126 Å². The Morgan fingerprint density at radius 1 is 0.824 bits per heavy atom. The highest BCUT2D eigenvalue weighted by molar-refractivity contribution is 5.96.